The highest BCUT2D eigenvalue weighted by atomic mass is 35.5. The Morgan fingerprint density at radius 2 is 1.82 bits per heavy atom. The number of nitrogens with zero attached hydrogens (tertiary/aromatic N) is 1. The monoisotopic (exact) mass is 556 g/mol. The van der Waals surface area contributed by atoms with Crippen molar-refractivity contribution in [1.82, 2.24) is 10.2 Å². The molecule has 2 aromatic rings. The Hall–Kier alpha value is -2.77. The molecule has 0 radical (unpaired) electrons. The van der Waals surface area contributed by atoms with Gasteiger partial charge in [0.1, 0.15) is 18.5 Å². The molecule has 2 unspecified atom stereocenters. The van der Waals surface area contributed by atoms with E-state index in [4.69, 9.17) is 21.1 Å². The average molecular weight is 557 g/mol. The van der Waals surface area contributed by atoms with Crippen LogP contribution in [0, 0.1) is 0 Å². The first-order valence-corrected chi connectivity index (χ1v) is 14.4. The summed E-state index contributed by atoms with van der Waals surface area (Å²) in [5.41, 5.74) is 0.130. The Morgan fingerprint density at radius 1 is 1.10 bits per heavy atom. The van der Waals surface area contributed by atoms with Gasteiger partial charge < -0.3 is 24.8 Å². The molecule has 39 heavy (non-hydrogen) atoms. The zero-order valence-electron chi connectivity index (χ0n) is 23.2. The molecule has 0 spiro atoms. The van der Waals surface area contributed by atoms with Crippen molar-refractivity contribution < 1.29 is 24.2 Å². The van der Waals surface area contributed by atoms with Gasteiger partial charge >= 0.3 is 6.09 Å². The molecule has 1 aliphatic carbocycles. The molecule has 212 valence electrons. The summed E-state index contributed by atoms with van der Waals surface area (Å²) in [4.78, 5) is 28.2. The molecule has 2 aromatic carbocycles. The van der Waals surface area contributed by atoms with Crippen molar-refractivity contribution in [1.29, 1.82) is 0 Å². The number of likely N-dealkylation sites (tertiary alicyclic amines) is 1. The van der Waals surface area contributed by atoms with Gasteiger partial charge in [-0.1, -0.05) is 67.3 Å². The Balaban J connectivity index is 1.52. The number of rotatable bonds is 7. The lowest BCUT2D eigenvalue weighted by molar-refractivity contribution is -0.144. The van der Waals surface area contributed by atoms with E-state index in [1.54, 1.807) is 17.0 Å². The van der Waals surface area contributed by atoms with E-state index in [0.717, 1.165) is 31.2 Å². The molecule has 0 aromatic heterocycles. The van der Waals surface area contributed by atoms with E-state index in [9.17, 15) is 14.7 Å². The number of carbonyl (C=O) groups excluding carboxylic acids is 2. The molecular weight excluding hydrogens is 516 g/mol. The van der Waals surface area contributed by atoms with E-state index in [1.165, 1.54) is 0 Å². The number of amides is 2. The fourth-order valence-electron chi connectivity index (χ4n) is 5.59. The normalized spacial score (nSPS) is 20.1. The lowest BCUT2D eigenvalue weighted by Gasteiger charge is -2.42. The third kappa shape index (κ3) is 7.89. The molecule has 8 heteroatoms. The first-order valence-electron chi connectivity index (χ1n) is 14.0. The van der Waals surface area contributed by atoms with Crippen molar-refractivity contribution in [2.75, 3.05) is 13.1 Å². The summed E-state index contributed by atoms with van der Waals surface area (Å²) in [6.45, 7) is 6.91. The first kappa shape index (κ1) is 29.2. The van der Waals surface area contributed by atoms with Gasteiger partial charge in [-0.25, -0.2) is 4.79 Å². The molecule has 7 nitrogen and oxygen atoms in total. The van der Waals surface area contributed by atoms with Crippen molar-refractivity contribution >= 4 is 23.6 Å². The maximum Gasteiger partial charge on any atom is 0.407 e. The quantitative estimate of drug-likeness (QED) is 0.423. The summed E-state index contributed by atoms with van der Waals surface area (Å²) in [6.07, 6.45) is 4.40. The number of alkyl carbamates (subject to hydrolysis) is 1. The number of halogens is 1. The maximum absolute atomic E-state index is 14.1. The van der Waals surface area contributed by atoms with Gasteiger partial charge in [0.25, 0.3) is 0 Å². The van der Waals surface area contributed by atoms with E-state index in [-0.39, 0.29) is 5.91 Å². The number of benzene rings is 2. The van der Waals surface area contributed by atoms with Crippen LogP contribution in [0.1, 0.15) is 82.8 Å². The number of hydrogen-bond acceptors (Lipinski definition) is 5. The third-order valence-corrected chi connectivity index (χ3v) is 7.77. The van der Waals surface area contributed by atoms with Gasteiger partial charge in [0.15, 0.2) is 0 Å². The Bertz CT molecular complexity index is 1130. The highest BCUT2D eigenvalue weighted by Crippen LogP contribution is 2.43. The van der Waals surface area contributed by atoms with Gasteiger partial charge in [0.05, 0.1) is 23.1 Å². The van der Waals surface area contributed by atoms with Crippen molar-refractivity contribution in [3.63, 3.8) is 0 Å². The molecule has 1 aliphatic heterocycles. The molecule has 1 saturated heterocycles. The fraction of sp³-hybridized carbons (Fsp3) is 0.548. The van der Waals surface area contributed by atoms with E-state index in [2.05, 4.69) is 5.32 Å². The molecule has 4 rings (SSSR count). The Kier molecular flexibility index (Phi) is 9.44. The lowest BCUT2D eigenvalue weighted by Crippen LogP contribution is -2.52. The van der Waals surface area contributed by atoms with E-state index in [1.807, 2.05) is 57.2 Å². The van der Waals surface area contributed by atoms with Crippen LogP contribution in [-0.2, 0) is 16.1 Å². The third-order valence-electron chi connectivity index (χ3n) is 7.47. The summed E-state index contributed by atoms with van der Waals surface area (Å²) < 4.78 is 11.6. The van der Waals surface area contributed by atoms with Crippen LogP contribution in [0.15, 0.2) is 48.5 Å². The Morgan fingerprint density at radius 3 is 2.49 bits per heavy atom. The minimum atomic E-state index is -1.16. The van der Waals surface area contributed by atoms with E-state index < -0.39 is 29.3 Å². The van der Waals surface area contributed by atoms with E-state index in [0.29, 0.717) is 55.3 Å². The van der Waals surface area contributed by atoms with Crippen LogP contribution in [0.4, 0.5) is 4.79 Å². The number of ether oxygens (including phenoxy) is 2. The second-order valence-corrected chi connectivity index (χ2v) is 12.3. The van der Waals surface area contributed by atoms with Gasteiger partial charge in [-0.2, -0.15) is 0 Å². The lowest BCUT2D eigenvalue weighted by atomic mass is 9.72. The van der Waals surface area contributed by atoms with Crippen LogP contribution >= 0.6 is 11.6 Å². The van der Waals surface area contributed by atoms with Crippen LogP contribution in [-0.4, -0.2) is 52.3 Å². The van der Waals surface area contributed by atoms with Gasteiger partial charge in [-0.3, -0.25) is 4.79 Å². The zero-order valence-corrected chi connectivity index (χ0v) is 24.0. The molecule has 2 aliphatic rings. The number of nitrogens with one attached hydrogen (secondary N) is 1. The van der Waals surface area contributed by atoms with Crippen molar-refractivity contribution in [2.45, 2.75) is 95.5 Å². The standard InChI is InChI=1S/C31H41ClN2O5/c1-30(2,3)33-29(36)39-24-13-10-18-34(20-24)28(35)27(31(37)16-8-5-9-17-31)23-14-15-26(25(32)19-23)38-21-22-11-6-4-7-12-22/h4,6-7,11-12,14-15,19,24,27,37H,5,8-10,13,16-18,20-21H2,1-3H3,(H,33,36). The summed E-state index contributed by atoms with van der Waals surface area (Å²) in [6, 6.07) is 15.2. The van der Waals surface area contributed by atoms with Gasteiger partial charge in [-0.15, -0.1) is 0 Å². The fourth-order valence-corrected chi connectivity index (χ4v) is 5.83. The molecular formula is C31H41ClN2O5. The van der Waals surface area contributed by atoms with Crippen molar-refractivity contribution in [2.24, 2.45) is 0 Å². The topological polar surface area (TPSA) is 88.1 Å². The number of hydrogen-bond donors (Lipinski definition) is 2. The maximum atomic E-state index is 14.1. The van der Waals surface area contributed by atoms with Crippen LogP contribution in [0.2, 0.25) is 5.02 Å². The summed E-state index contributed by atoms with van der Waals surface area (Å²) in [5.74, 6) is -0.388. The second-order valence-electron chi connectivity index (χ2n) is 11.9. The summed E-state index contributed by atoms with van der Waals surface area (Å²) >= 11 is 6.65. The summed E-state index contributed by atoms with van der Waals surface area (Å²) in [5, 5.41) is 15.0. The van der Waals surface area contributed by atoms with Crippen LogP contribution in [0.5, 0.6) is 5.75 Å². The first-order chi connectivity index (χ1) is 18.5. The number of piperidine rings is 1. The molecule has 2 amide bonds. The van der Waals surface area contributed by atoms with Gasteiger partial charge in [-0.05, 0) is 69.7 Å². The minimum absolute atomic E-state index is 0.155. The Labute approximate surface area is 236 Å². The zero-order chi connectivity index (χ0) is 28.0. The van der Waals surface area contributed by atoms with Crippen LogP contribution < -0.4 is 10.1 Å². The smallest absolute Gasteiger partial charge is 0.407 e. The van der Waals surface area contributed by atoms with Gasteiger partial charge in [0, 0.05) is 12.1 Å². The average Bonchev–Trinajstić information content (AvgIpc) is 2.88. The van der Waals surface area contributed by atoms with Crippen LogP contribution in [0.25, 0.3) is 0 Å². The van der Waals surface area contributed by atoms with Crippen molar-refractivity contribution in [3.05, 3.63) is 64.7 Å². The predicted octanol–water partition coefficient (Wildman–Crippen LogP) is 6.21. The molecule has 1 saturated carbocycles. The largest absolute Gasteiger partial charge is 0.487 e. The number of aliphatic hydroxyl groups is 1. The molecule has 2 atom stereocenters. The van der Waals surface area contributed by atoms with Crippen LogP contribution in [0.3, 0.4) is 0 Å². The SMILES string of the molecule is CC(C)(C)NC(=O)OC1CCCN(C(=O)C(c2ccc(OCc3ccccc3)c(Cl)c2)C2(O)CCCCC2)C1. The van der Waals surface area contributed by atoms with Crippen molar-refractivity contribution in [3.8, 4) is 5.75 Å². The predicted molar refractivity (Wildman–Crippen MR) is 152 cm³/mol. The van der Waals surface area contributed by atoms with E-state index >= 15 is 0 Å². The molecule has 0 bridgehead atoms. The highest BCUT2D eigenvalue weighted by Gasteiger charge is 2.45. The summed E-state index contributed by atoms with van der Waals surface area (Å²) in [7, 11) is 0. The molecule has 1 heterocycles. The number of carbonyl (C=O) groups is 2. The molecule has 2 N–H and O–H groups in total. The minimum Gasteiger partial charge on any atom is -0.487 e. The highest BCUT2D eigenvalue weighted by molar-refractivity contribution is 6.32. The molecule has 2 fully saturated rings. The second kappa shape index (κ2) is 12.6. The van der Waals surface area contributed by atoms with Gasteiger partial charge in [0.2, 0.25) is 5.91 Å².